The molecule has 1 amide bonds. The number of fused-ring (bicyclic) bond motifs is 1. The molecular weight excluding hydrogens is 410 g/mol. The number of likely N-dealkylation sites (tertiary alicyclic amines) is 1. The molecule has 3 aromatic rings. The van der Waals surface area contributed by atoms with Crippen LogP contribution in [0, 0.1) is 0 Å². The second kappa shape index (κ2) is 7.16. The smallest absolute Gasteiger partial charge is 0.270 e. The molecule has 0 spiro atoms. The number of rotatable bonds is 3. The lowest BCUT2D eigenvalue weighted by Crippen LogP contribution is -2.38. The lowest BCUT2D eigenvalue weighted by molar-refractivity contribution is 0.0700. The summed E-state index contributed by atoms with van der Waals surface area (Å²) >= 11 is 5.30. The van der Waals surface area contributed by atoms with Crippen LogP contribution in [0.1, 0.15) is 54.1 Å². The van der Waals surface area contributed by atoms with E-state index in [1.165, 1.54) is 9.71 Å². The maximum atomic E-state index is 13.0. The average molecular weight is 432 g/mol. The molecule has 3 heterocycles. The van der Waals surface area contributed by atoms with Gasteiger partial charge in [0.25, 0.3) is 5.91 Å². The molecule has 1 fully saturated rings. The standard InChI is InChI=1S/C20H22BrN3OS/c1-13(2)24-12-15(21)11-17(24)20(25)23-9-7-14(8-10-23)19-22-16-5-3-4-6-18(16)26-19/h3-6,11-14H,7-10H2,1-2H3. The summed E-state index contributed by atoms with van der Waals surface area (Å²) in [4.78, 5) is 19.8. The number of thiazole rings is 1. The van der Waals surface area contributed by atoms with Gasteiger partial charge in [0.15, 0.2) is 0 Å². The van der Waals surface area contributed by atoms with Gasteiger partial charge in [0.2, 0.25) is 0 Å². The van der Waals surface area contributed by atoms with Crippen molar-refractivity contribution in [3.8, 4) is 0 Å². The van der Waals surface area contributed by atoms with Crippen molar-refractivity contribution in [3.63, 3.8) is 0 Å². The van der Waals surface area contributed by atoms with E-state index in [0.717, 1.165) is 41.6 Å². The highest BCUT2D eigenvalue weighted by atomic mass is 79.9. The highest BCUT2D eigenvalue weighted by Gasteiger charge is 2.28. The third-order valence-electron chi connectivity index (χ3n) is 5.03. The summed E-state index contributed by atoms with van der Waals surface area (Å²) in [6.07, 6.45) is 3.95. The molecule has 1 saturated heterocycles. The van der Waals surface area contributed by atoms with Crippen LogP contribution in [-0.4, -0.2) is 33.4 Å². The van der Waals surface area contributed by atoms with Crippen LogP contribution in [0.15, 0.2) is 41.0 Å². The number of para-hydroxylation sites is 1. The van der Waals surface area contributed by atoms with Gasteiger partial charge < -0.3 is 9.47 Å². The molecule has 0 unspecified atom stereocenters. The summed E-state index contributed by atoms with van der Waals surface area (Å²) in [5.74, 6) is 0.590. The van der Waals surface area contributed by atoms with Crippen LogP contribution in [0.4, 0.5) is 0 Å². The molecule has 0 atom stereocenters. The first-order chi connectivity index (χ1) is 12.5. The molecule has 0 bridgehead atoms. The number of carbonyl (C=O) groups is 1. The van der Waals surface area contributed by atoms with E-state index in [-0.39, 0.29) is 11.9 Å². The van der Waals surface area contributed by atoms with E-state index < -0.39 is 0 Å². The number of halogens is 1. The first-order valence-corrected chi connectivity index (χ1v) is 10.7. The van der Waals surface area contributed by atoms with Crippen LogP contribution in [0.5, 0.6) is 0 Å². The summed E-state index contributed by atoms with van der Waals surface area (Å²) < 4.78 is 4.26. The number of hydrogen-bond donors (Lipinski definition) is 0. The molecule has 6 heteroatoms. The van der Waals surface area contributed by atoms with E-state index in [2.05, 4.69) is 48.0 Å². The summed E-state index contributed by atoms with van der Waals surface area (Å²) in [6.45, 7) is 5.78. The molecule has 1 aliphatic rings. The van der Waals surface area contributed by atoms with Gasteiger partial charge in [-0.3, -0.25) is 4.79 Å². The van der Waals surface area contributed by atoms with Gasteiger partial charge in [-0.1, -0.05) is 12.1 Å². The highest BCUT2D eigenvalue weighted by Crippen LogP contribution is 2.34. The van der Waals surface area contributed by atoms with Crippen LogP contribution >= 0.6 is 27.3 Å². The van der Waals surface area contributed by atoms with Crippen molar-refractivity contribution in [2.45, 2.75) is 38.6 Å². The minimum absolute atomic E-state index is 0.132. The Hall–Kier alpha value is -1.66. The molecule has 0 saturated carbocycles. The van der Waals surface area contributed by atoms with Gasteiger partial charge in [0.1, 0.15) is 5.69 Å². The molecule has 4 nitrogen and oxygen atoms in total. The molecule has 4 rings (SSSR count). The van der Waals surface area contributed by atoms with Crippen LogP contribution in [0.3, 0.4) is 0 Å². The van der Waals surface area contributed by atoms with E-state index in [1.54, 1.807) is 11.3 Å². The van der Waals surface area contributed by atoms with Gasteiger partial charge in [-0.15, -0.1) is 11.3 Å². The number of hydrogen-bond acceptors (Lipinski definition) is 3. The zero-order valence-corrected chi connectivity index (χ0v) is 17.4. The fourth-order valence-corrected chi connectivity index (χ4v) is 5.17. The number of amides is 1. The van der Waals surface area contributed by atoms with Crippen molar-refractivity contribution >= 4 is 43.4 Å². The van der Waals surface area contributed by atoms with Crippen molar-refractivity contribution in [3.05, 3.63) is 51.7 Å². The zero-order valence-electron chi connectivity index (χ0n) is 15.0. The van der Waals surface area contributed by atoms with E-state index in [0.29, 0.717) is 5.92 Å². The fourth-order valence-electron chi connectivity index (χ4n) is 3.60. The van der Waals surface area contributed by atoms with E-state index in [1.807, 2.05) is 27.8 Å². The van der Waals surface area contributed by atoms with E-state index in [4.69, 9.17) is 4.98 Å². The summed E-state index contributed by atoms with van der Waals surface area (Å²) in [5.41, 5.74) is 1.86. The number of nitrogens with zero attached hydrogens (tertiary/aromatic N) is 3. The quantitative estimate of drug-likeness (QED) is 0.551. The third kappa shape index (κ3) is 3.32. The van der Waals surface area contributed by atoms with E-state index in [9.17, 15) is 4.79 Å². The SMILES string of the molecule is CC(C)n1cc(Br)cc1C(=O)N1CCC(c2nc3ccccc3s2)CC1. The Labute approximate surface area is 166 Å². The third-order valence-corrected chi connectivity index (χ3v) is 6.67. The van der Waals surface area contributed by atoms with Crippen molar-refractivity contribution in [1.82, 2.24) is 14.5 Å². The van der Waals surface area contributed by atoms with Crippen LogP contribution in [0.2, 0.25) is 0 Å². The van der Waals surface area contributed by atoms with Gasteiger partial charge in [-0.05, 0) is 60.8 Å². The fraction of sp³-hybridized carbons (Fsp3) is 0.400. The summed E-state index contributed by atoms with van der Waals surface area (Å²) in [6, 6.07) is 10.5. The number of carbonyl (C=O) groups excluding carboxylic acids is 1. The van der Waals surface area contributed by atoms with Crippen molar-refractivity contribution < 1.29 is 4.79 Å². The minimum Gasteiger partial charge on any atom is -0.340 e. The zero-order chi connectivity index (χ0) is 18.3. The van der Waals surface area contributed by atoms with Gasteiger partial charge in [0, 0.05) is 35.7 Å². The predicted molar refractivity (Wildman–Crippen MR) is 110 cm³/mol. The Morgan fingerprint density at radius 1 is 1.27 bits per heavy atom. The molecular formula is C20H22BrN3OS. The second-order valence-corrected chi connectivity index (χ2v) is 9.11. The van der Waals surface area contributed by atoms with Crippen molar-refractivity contribution in [2.24, 2.45) is 0 Å². The largest absolute Gasteiger partial charge is 0.340 e. The second-order valence-electron chi connectivity index (χ2n) is 7.13. The maximum absolute atomic E-state index is 13.0. The van der Waals surface area contributed by atoms with E-state index >= 15 is 0 Å². The van der Waals surface area contributed by atoms with Crippen molar-refractivity contribution in [1.29, 1.82) is 0 Å². The Balaban J connectivity index is 1.47. The maximum Gasteiger partial charge on any atom is 0.270 e. The summed E-state index contributed by atoms with van der Waals surface area (Å²) in [7, 11) is 0. The number of benzene rings is 1. The molecule has 26 heavy (non-hydrogen) atoms. The highest BCUT2D eigenvalue weighted by molar-refractivity contribution is 9.10. The minimum atomic E-state index is 0.132. The molecule has 1 aromatic carbocycles. The lowest BCUT2D eigenvalue weighted by Gasteiger charge is -2.31. The van der Waals surface area contributed by atoms with Gasteiger partial charge in [-0.2, -0.15) is 0 Å². The first kappa shape index (κ1) is 17.7. The predicted octanol–water partition coefficient (Wildman–Crippen LogP) is 5.46. The normalized spacial score (nSPS) is 15.9. The Bertz CT molecular complexity index is 905. The topological polar surface area (TPSA) is 38.1 Å². The monoisotopic (exact) mass is 431 g/mol. The van der Waals surface area contributed by atoms with Crippen LogP contribution < -0.4 is 0 Å². The number of aromatic nitrogens is 2. The van der Waals surface area contributed by atoms with Crippen molar-refractivity contribution in [2.75, 3.05) is 13.1 Å². The average Bonchev–Trinajstić information content (AvgIpc) is 3.25. The molecule has 1 aliphatic heterocycles. The molecule has 0 aliphatic carbocycles. The molecule has 0 radical (unpaired) electrons. The molecule has 136 valence electrons. The molecule has 0 N–H and O–H groups in total. The lowest BCUT2D eigenvalue weighted by atomic mass is 9.97. The van der Waals surface area contributed by atoms with Gasteiger partial charge in [0.05, 0.1) is 15.2 Å². The molecule has 2 aromatic heterocycles. The van der Waals surface area contributed by atoms with Crippen LogP contribution in [-0.2, 0) is 0 Å². The van der Waals surface area contributed by atoms with Gasteiger partial charge >= 0.3 is 0 Å². The first-order valence-electron chi connectivity index (χ1n) is 9.05. The Kier molecular flexibility index (Phi) is 4.88. The number of piperidine rings is 1. The van der Waals surface area contributed by atoms with Gasteiger partial charge in [-0.25, -0.2) is 4.98 Å². The Morgan fingerprint density at radius 2 is 2.00 bits per heavy atom. The van der Waals surface area contributed by atoms with Crippen LogP contribution in [0.25, 0.3) is 10.2 Å². The Morgan fingerprint density at radius 3 is 2.69 bits per heavy atom. The summed E-state index contributed by atoms with van der Waals surface area (Å²) in [5, 5.41) is 1.21.